The average molecular weight is 328 g/mol. The van der Waals surface area contributed by atoms with Crippen LogP contribution in [0.4, 0.5) is 0 Å². The maximum atomic E-state index is 4.08. The van der Waals surface area contributed by atoms with E-state index in [1.807, 2.05) is 24.2 Å². The Bertz CT molecular complexity index is 601. The Kier molecular flexibility index (Phi) is 5.57. The highest BCUT2D eigenvalue weighted by atomic mass is 32.2. The number of benzene rings is 1. The molecule has 0 atom stereocenters. The fraction of sp³-hybridized carbons (Fsp3) is 0.476. The number of hydrogen-bond donors (Lipinski definition) is 0. The zero-order valence-corrected chi connectivity index (χ0v) is 16.1. The molecule has 1 heterocycles. The first-order chi connectivity index (χ1) is 10.7. The monoisotopic (exact) mass is 327 g/mol. The molecule has 0 aliphatic heterocycles. The fourth-order valence-corrected chi connectivity index (χ4v) is 3.38. The topological polar surface area (TPSA) is 12.9 Å². The summed E-state index contributed by atoms with van der Waals surface area (Å²) in [4.78, 5) is 5.47. The molecule has 124 valence electrons. The average Bonchev–Trinajstić information content (AvgIpc) is 2.46. The van der Waals surface area contributed by atoms with Crippen molar-refractivity contribution in [3.05, 3.63) is 59.4 Å². The largest absolute Gasteiger partial charge is 0.265 e. The second-order valence-electron chi connectivity index (χ2n) is 8.20. The van der Waals surface area contributed by atoms with E-state index in [1.165, 1.54) is 21.6 Å². The minimum absolute atomic E-state index is 0.182. The zero-order valence-electron chi connectivity index (χ0n) is 15.3. The van der Waals surface area contributed by atoms with Crippen LogP contribution in [0.5, 0.6) is 0 Å². The van der Waals surface area contributed by atoms with E-state index in [2.05, 4.69) is 76.9 Å². The summed E-state index contributed by atoms with van der Waals surface area (Å²) in [7, 11) is 0. The summed E-state index contributed by atoms with van der Waals surface area (Å²) in [5.41, 5.74) is 4.58. The SMILES string of the molecule is CC(C)(C)c1cc(SCCc2ccncc2)cc(C(C)(C)C)c1. The third-order valence-corrected chi connectivity index (χ3v) is 5.02. The lowest BCUT2D eigenvalue weighted by Crippen LogP contribution is -2.16. The number of thioether (sulfide) groups is 1. The highest BCUT2D eigenvalue weighted by Gasteiger charge is 2.20. The van der Waals surface area contributed by atoms with Gasteiger partial charge >= 0.3 is 0 Å². The van der Waals surface area contributed by atoms with E-state index in [-0.39, 0.29) is 10.8 Å². The molecule has 2 aromatic rings. The molecule has 0 amide bonds. The minimum atomic E-state index is 0.182. The van der Waals surface area contributed by atoms with E-state index in [0.29, 0.717) is 0 Å². The van der Waals surface area contributed by atoms with Gasteiger partial charge in [-0.05, 0) is 58.2 Å². The van der Waals surface area contributed by atoms with Crippen molar-refractivity contribution in [2.24, 2.45) is 0 Å². The quantitative estimate of drug-likeness (QED) is 0.638. The second-order valence-corrected chi connectivity index (χ2v) is 9.37. The summed E-state index contributed by atoms with van der Waals surface area (Å²) in [6.45, 7) is 13.8. The van der Waals surface area contributed by atoms with Crippen LogP contribution in [0.3, 0.4) is 0 Å². The standard InChI is InChI=1S/C21H29NS/c1-20(2,3)17-13-18(21(4,5)6)15-19(14-17)23-12-9-16-7-10-22-11-8-16/h7-8,10-11,13-15H,9,12H2,1-6H3. The van der Waals surface area contributed by atoms with Gasteiger partial charge in [0.25, 0.3) is 0 Å². The molecule has 1 nitrogen and oxygen atoms in total. The van der Waals surface area contributed by atoms with Crippen LogP contribution < -0.4 is 0 Å². The minimum Gasteiger partial charge on any atom is -0.265 e. The molecule has 0 saturated carbocycles. The Hall–Kier alpha value is -1.28. The first kappa shape index (κ1) is 18.1. The molecule has 0 unspecified atom stereocenters. The number of hydrogen-bond acceptors (Lipinski definition) is 2. The lowest BCUT2D eigenvalue weighted by Gasteiger charge is -2.26. The number of pyridine rings is 1. The molecule has 1 aromatic carbocycles. The first-order valence-corrected chi connectivity index (χ1v) is 9.32. The molecule has 0 saturated heterocycles. The van der Waals surface area contributed by atoms with E-state index in [4.69, 9.17) is 0 Å². The van der Waals surface area contributed by atoms with Crippen LogP contribution in [-0.2, 0) is 17.3 Å². The first-order valence-electron chi connectivity index (χ1n) is 8.34. The van der Waals surface area contributed by atoms with E-state index in [0.717, 1.165) is 12.2 Å². The molecule has 0 N–H and O–H groups in total. The van der Waals surface area contributed by atoms with Crippen molar-refractivity contribution in [3.63, 3.8) is 0 Å². The molecule has 0 spiro atoms. The number of nitrogens with zero attached hydrogens (tertiary/aromatic N) is 1. The Morgan fingerprint density at radius 1 is 0.826 bits per heavy atom. The van der Waals surface area contributed by atoms with E-state index >= 15 is 0 Å². The van der Waals surface area contributed by atoms with Gasteiger partial charge in [0, 0.05) is 23.0 Å². The maximum Gasteiger partial charge on any atom is 0.0270 e. The van der Waals surface area contributed by atoms with Crippen LogP contribution in [0.1, 0.15) is 58.2 Å². The van der Waals surface area contributed by atoms with Crippen molar-refractivity contribution in [2.45, 2.75) is 63.7 Å². The van der Waals surface area contributed by atoms with Gasteiger partial charge in [-0.2, -0.15) is 0 Å². The van der Waals surface area contributed by atoms with Crippen molar-refractivity contribution < 1.29 is 0 Å². The van der Waals surface area contributed by atoms with Crippen molar-refractivity contribution in [3.8, 4) is 0 Å². The van der Waals surface area contributed by atoms with Gasteiger partial charge in [0.2, 0.25) is 0 Å². The highest BCUT2D eigenvalue weighted by molar-refractivity contribution is 7.99. The molecule has 0 aliphatic carbocycles. The Labute approximate surface area is 145 Å². The van der Waals surface area contributed by atoms with Gasteiger partial charge in [0.15, 0.2) is 0 Å². The van der Waals surface area contributed by atoms with Crippen LogP contribution in [0.15, 0.2) is 47.6 Å². The van der Waals surface area contributed by atoms with Crippen LogP contribution in [0.2, 0.25) is 0 Å². The van der Waals surface area contributed by atoms with Crippen molar-refractivity contribution in [1.29, 1.82) is 0 Å². The molecule has 2 rings (SSSR count). The van der Waals surface area contributed by atoms with Gasteiger partial charge in [-0.3, -0.25) is 4.98 Å². The Morgan fingerprint density at radius 3 is 1.83 bits per heavy atom. The summed E-state index contributed by atoms with van der Waals surface area (Å²) in [6.07, 6.45) is 4.83. The smallest absolute Gasteiger partial charge is 0.0270 e. The van der Waals surface area contributed by atoms with Crippen LogP contribution in [0, 0.1) is 0 Å². The Morgan fingerprint density at radius 2 is 1.35 bits per heavy atom. The molecule has 23 heavy (non-hydrogen) atoms. The van der Waals surface area contributed by atoms with Gasteiger partial charge < -0.3 is 0 Å². The van der Waals surface area contributed by atoms with Gasteiger partial charge in [0.1, 0.15) is 0 Å². The third kappa shape index (κ3) is 5.39. The Balaban J connectivity index is 2.17. The molecule has 0 fully saturated rings. The highest BCUT2D eigenvalue weighted by Crippen LogP contribution is 2.33. The van der Waals surface area contributed by atoms with Gasteiger partial charge in [0.05, 0.1) is 0 Å². The van der Waals surface area contributed by atoms with Gasteiger partial charge in [-0.15, -0.1) is 11.8 Å². The fourth-order valence-electron chi connectivity index (χ4n) is 2.38. The van der Waals surface area contributed by atoms with Crippen LogP contribution in [-0.4, -0.2) is 10.7 Å². The third-order valence-electron chi connectivity index (χ3n) is 4.05. The maximum absolute atomic E-state index is 4.08. The predicted molar refractivity (Wildman–Crippen MR) is 103 cm³/mol. The van der Waals surface area contributed by atoms with Gasteiger partial charge in [-0.25, -0.2) is 0 Å². The lowest BCUT2D eigenvalue weighted by molar-refractivity contribution is 0.565. The van der Waals surface area contributed by atoms with Crippen molar-refractivity contribution in [2.75, 3.05) is 5.75 Å². The van der Waals surface area contributed by atoms with Crippen molar-refractivity contribution in [1.82, 2.24) is 4.98 Å². The molecular formula is C21H29NS. The normalized spacial score (nSPS) is 12.4. The van der Waals surface area contributed by atoms with Crippen LogP contribution >= 0.6 is 11.8 Å². The second kappa shape index (κ2) is 7.09. The molecule has 0 bridgehead atoms. The summed E-state index contributed by atoms with van der Waals surface area (Å²) in [5.74, 6) is 1.10. The zero-order chi connectivity index (χ0) is 17.1. The van der Waals surface area contributed by atoms with Crippen molar-refractivity contribution >= 4 is 11.8 Å². The summed E-state index contributed by atoms with van der Waals surface area (Å²) >= 11 is 1.96. The molecule has 1 aromatic heterocycles. The summed E-state index contributed by atoms with van der Waals surface area (Å²) < 4.78 is 0. The molecular weight excluding hydrogens is 298 g/mol. The summed E-state index contributed by atoms with van der Waals surface area (Å²) in [6, 6.07) is 11.3. The molecule has 2 heteroatoms. The lowest BCUT2D eigenvalue weighted by atomic mass is 9.81. The molecule has 0 aliphatic rings. The number of rotatable bonds is 4. The van der Waals surface area contributed by atoms with E-state index in [1.54, 1.807) is 0 Å². The summed E-state index contributed by atoms with van der Waals surface area (Å²) in [5, 5.41) is 0. The number of aryl methyl sites for hydroxylation is 1. The molecule has 0 radical (unpaired) electrons. The predicted octanol–water partition coefficient (Wildman–Crippen LogP) is 6.01. The number of aromatic nitrogens is 1. The van der Waals surface area contributed by atoms with Crippen LogP contribution in [0.25, 0.3) is 0 Å². The van der Waals surface area contributed by atoms with E-state index in [9.17, 15) is 0 Å². The van der Waals surface area contributed by atoms with E-state index < -0.39 is 0 Å². The van der Waals surface area contributed by atoms with Gasteiger partial charge in [-0.1, -0.05) is 47.6 Å².